The molecule has 0 aliphatic carbocycles. The molecule has 2 heterocycles. The van der Waals surface area contributed by atoms with Gasteiger partial charge in [-0.15, -0.1) is 24.0 Å². The normalized spacial score (nSPS) is 25.0. The van der Waals surface area contributed by atoms with E-state index in [4.69, 9.17) is 0 Å². The van der Waals surface area contributed by atoms with Crippen molar-refractivity contribution in [2.75, 3.05) is 13.1 Å². The highest BCUT2D eigenvalue weighted by Crippen LogP contribution is 2.36. The van der Waals surface area contributed by atoms with E-state index in [1.54, 1.807) is 11.1 Å². The van der Waals surface area contributed by atoms with Gasteiger partial charge in [0.25, 0.3) is 0 Å². The number of hydrogen-bond acceptors (Lipinski definition) is 1. The first-order chi connectivity index (χ1) is 6.45. The van der Waals surface area contributed by atoms with Crippen molar-refractivity contribution in [2.45, 2.75) is 25.3 Å². The van der Waals surface area contributed by atoms with Crippen molar-refractivity contribution in [2.24, 2.45) is 0 Å². The fourth-order valence-corrected chi connectivity index (χ4v) is 2.80. The molecule has 76 valence electrons. The van der Waals surface area contributed by atoms with E-state index in [9.17, 15) is 0 Å². The lowest BCUT2D eigenvalue weighted by atomic mass is 9.93. The summed E-state index contributed by atoms with van der Waals surface area (Å²) in [5, 5.41) is 0. The van der Waals surface area contributed by atoms with Crippen molar-refractivity contribution in [3.8, 4) is 0 Å². The summed E-state index contributed by atoms with van der Waals surface area (Å²) >= 11 is 0. The van der Waals surface area contributed by atoms with E-state index in [0.29, 0.717) is 0 Å². The van der Waals surface area contributed by atoms with E-state index < -0.39 is 0 Å². The molecule has 1 unspecified atom stereocenters. The van der Waals surface area contributed by atoms with Gasteiger partial charge < -0.3 is 0 Å². The van der Waals surface area contributed by atoms with E-state index in [0.717, 1.165) is 6.04 Å². The van der Waals surface area contributed by atoms with Crippen LogP contribution in [0.15, 0.2) is 24.3 Å². The molecule has 2 heteroatoms. The second-order valence-electron chi connectivity index (χ2n) is 4.14. The number of hydrogen-bond donors (Lipinski definition) is 0. The van der Waals surface area contributed by atoms with Gasteiger partial charge in [-0.3, -0.25) is 4.90 Å². The first-order valence-electron chi connectivity index (χ1n) is 5.27. The summed E-state index contributed by atoms with van der Waals surface area (Å²) in [5.74, 6) is 0. The maximum atomic E-state index is 2.64. The van der Waals surface area contributed by atoms with E-state index in [1.165, 1.54) is 32.4 Å². The Bertz CT molecular complexity index is 324. The maximum absolute atomic E-state index is 2.64. The number of rotatable bonds is 0. The maximum Gasteiger partial charge on any atom is 0.0351 e. The Kier molecular flexibility index (Phi) is 3.12. The molecule has 1 aromatic rings. The molecule has 0 amide bonds. The zero-order valence-electron chi connectivity index (χ0n) is 8.28. The smallest absolute Gasteiger partial charge is 0.0351 e. The third-order valence-electron chi connectivity index (χ3n) is 3.45. The summed E-state index contributed by atoms with van der Waals surface area (Å²) in [7, 11) is 0. The van der Waals surface area contributed by atoms with E-state index in [2.05, 4.69) is 29.2 Å². The molecule has 1 saturated heterocycles. The van der Waals surface area contributed by atoms with E-state index in [1.807, 2.05) is 0 Å². The number of benzene rings is 1. The Morgan fingerprint density at radius 1 is 1.14 bits per heavy atom. The van der Waals surface area contributed by atoms with Crippen LogP contribution < -0.4 is 0 Å². The van der Waals surface area contributed by atoms with Crippen LogP contribution in [-0.4, -0.2) is 18.0 Å². The van der Waals surface area contributed by atoms with E-state index >= 15 is 0 Å². The number of halogens is 1. The van der Waals surface area contributed by atoms with Crippen molar-refractivity contribution in [1.82, 2.24) is 4.90 Å². The highest BCUT2D eigenvalue weighted by molar-refractivity contribution is 14.0. The van der Waals surface area contributed by atoms with Crippen LogP contribution in [0.2, 0.25) is 0 Å². The quantitative estimate of drug-likeness (QED) is 0.666. The van der Waals surface area contributed by atoms with Crippen molar-refractivity contribution in [3.05, 3.63) is 35.4 Å². The first-order valence-corrected chi connectivity index (χ1v) is 5.27. The van der Waals surface area contributed by atoms with Crippen LogP contribution in [0.3, 0.4) is 0 Å². The minimum absolute atomic E-state index is 0. The lowest BCUT2D eigenvalue weighted by molar-refractivity contribution is 0.244. The Morgan fingerprint density at radius 2 is 2.00 bits per heavy atom. The second-order valence-corrected chi connectivity index (χ2v) is 4.14. The van der Waals surface area contributed by atoms with Crippen LogP contribution in [0, 0.1) is 0 Å². The third-order valence-corrected chi connectivity index (χ3v) is 3.45. The molecule has 1 nitrogen and oxygen atoms in total. The van der Waals surface area contributed by atoms with Gasteiger partial charge >= 0.3 is 0 Å². The molecular formula is C12H16IN. The van der Waals surface area contributed by atoms with Gasteiger partial charge in [0.05, 0.1) is 0 Å². The summed E-state index contributed by atoms with van der Waals surface area (Å²) in [6, 6.07) is 9.72. The van der Waals surface area contributed by atoms with Gasteiger partial charge in [0, 0.05) is 12.6 Å². The van der Waals surface area contributed by atoms with Crippen LogP contribution in [0.25, 0.3) is 0 Å². The van der Waals surface area contributed by atoms with Gasteiger partial charge in [0.2, 0.25) is 0 Å². The Morgan fingerprint density at radius 3 is 2.93 bits per heavy atom. The van der Waals surface area contributed by atoms with Gasteiger partial charge in [-0.05, 0) is 36.9 Å². The van der Waals surface area contributed by atoms with Crippen LogP contribution >= 0.6 is 24.0 Å². The minimum atomic E-state index is 0. The van der Waals surface area contributed by atoms with Crippen molar-refractivity contribution in [1.29, 1.82) is 0 Å². The second kappa shape index (κ2) is 4.19. The minimum Gasteiger partial charge on any atom is -0.296 e. The highest BCUT2D eigenvalue weighted by Gasteiger charge is 2.30. The molecule has 0 N–H and O–H groups in total. The fourth-order valence-electron chi connectivity index (χ4n) is 2.80. The average Bonchev–Trinajstić information content (AvgIpc) is 2.65. The van der Waals surface area contributed by atoms with Crippen LogP contribution in [0.4, 0.5) is 0 Å². The Hall–Kier alpha value is -0.0900. The first kappa shape index (κ1) is 10.4. The summed E-state index contributed by atoms with van der Waals surface area (Å²) in [6.45, 7) is 2.60. The molecule has 2 aliphatic rings. The Labute approximate surface area is 103 Å². The molecule has 0 spiro atoms. The Balaban J connectivity index is 0.000000750. The predicted molar refractivity (Wildman–Crippen MR) is 69.1 cm³/mol. The largest absolute Gasteiger partial charge is 0.296 e. The summed E-state index contributed by atoms with van der Waals surface area (Å²) in [5.41, 5.74) is 3.19. The van der Waals surface area contributed by atoms with Crippen LogP contribution in [-0.2, 0) is 6.42 Å². The van der Waals surface area contributed by atoms with Gasteiger partial charge in [-0.2, -0.15) is 0 Å². The zero-order chi connectivity index (χ0) is 8.67. The molecule has 2 aliphatic heterocycles. The number of fused-ring (bicyclic) bond motifs is 3. The lowest BCUT2D eigenvalue weighted by Crippen LogP contribution is -2.30. The molecule has 1 atom stereocenters. The molecule has 0 bridgehead atoms. The van der Waals surface area contributed by atoms with Crippen LogP contribution in [0.5, 0.6) is 0 Å². The summed E-state index contributed by atoms with van der Waals surface area (Å²) in [4.78, 5) is 2.64. The number of nitrogens with zero attached hydrogens (tertiary/aromatic N) is 1. The van der Waals surface area contributed by atoms with Gasteiger partial charge in [-0.25, -0.2) is 0 Å². The van der Waals surface area contributed by atoms with Crippen molar-refractivity contribution in [3.63, 3.8) is 0 Å². The molecule has 1 aromatic carbocycles. The predicted octanol–water partition coefficient (Wildman–Crippen LogP) is 3.00. The van der Waals surface area contributed by atoms with Crippen molar-refractivity contribution >= 4 is 24.0 Å². The summed E-state index contributed by atoms with van der Waals surface area (Å²) in [6.07, 6.45) is 4.02. The molecular weight excluding hydrogens is 285 g/mol. The van der Waals surface area contributed by atoms with Crippen LogP contribution in [0.1, 0.15) is 30.0 Å². The van der Waals surface area contributed by atoms with Gasteiger partial charge in [-0.1, -0.05) is 24.3 Å². The van der Waals surface area contributed by atoms with Crippen molar-refractivity contribution < 1.29 is 0 Å². The third kappa shape index (κ3) is 1.58. The standard InChI is InChI=1S/C12H15N.HI/c1-2-5-11-10(4-1)7-9-13-8-3-6-12(11)13;/h1-2,4-5,12H,3,6-9H2;1H. The average molecular weight is 301 g/mol. The highest BCUT2D eigenvalue weighted by atomic mass is 127. The zero-order valence-corrected chi connectivity index (χ0v) is 10.6. The monoisotopic (exact) mass is 301 g/mol. The fraction of sp³-hybridized carbons (Fsp3) is 0.500. The molecule has 3 rings (SSSR count). The van der Waals surface area contributed by atoms with Gasteiger partial charge in [0.1, 0.15) is 0 Å². The summed E-state index contributed by atoms with van der Waals surface area (Å²) < 4.78 is 0. The molecule has 0 radical (unpaired) electrons. The molecule has 0 saturated carbocycles. The lowest BCUT2D eigenvalue weighted by Gasteiger charge is -2.31. The SMILES string of the molecule is I.c1ccc2c(c1)CCN1CCCC21. The topological polar surface area (TPSA) is 3.24 Å². The van der Waals surface area contributed by atoms with E-state index in [-0.39, 0.29) is 24.0 Å². The molecule has 0 aromatic heterocycles. The molecule has 14 heavy (non-hydrogen) atoms. The van der Waals surface area contributed by atoms with Gasteiger partial charge in [0.15, 0.2) is 0 Å². The molecule has 1 fully saturated rings.